The van der Waals surface area contributed by atoms with Gasteiger partial charge < -0.3 is 59.1 Å². The Morgan fingerprint density at radius 2 is 0.667 bits per heavy atom. The first-order chi connectivity index (χ1) is 25.1. The number of nitrogens with zero attached hydrogens (tertiary/aromatic N) is 12. The van der Waals surface area contributed by atoms with Crippen LogP contribution in [0.25, 0.3) is 0 Å². The molecule has 0 bridgehead atoms. The third-order valence-electron chi connectivity index (χ3n) is 6.53. The van der Waals surface area contributed by atoms with Crippen molar-refractivity contribution in [1.29, 1.82) is 0 Å². The third-order valence-corrected chi connectivity index (χ3v) is 6.53. The van der Waals surface area contributed by atoms with Crippen molar-refractivity contribution in [2.75, 3.05) is 97.2 Å². The Labute approximate surface area is 314 Å². The van der Waals surface area contributed by atoms with Crippen LogP contribution in [0.3, 0.4) is 0 Å². The van der Waals surface area contributed by atoms with E-state index in [9.17, 15) is 29.6 Å². The summed E-state index contributed by atoms with van der Waals surface area (Å²) in [5.41, 5.74) is 0. The number of esters is 4. The number of rotatable bonds is 21. The van der Waals surface area contributed by atoms with E-state index in [0.717, 1.165) is 0 Å². The van der Waals surface area contributed by atoms with Gasteiger partial charge in [-0.25, -0.2) is 0 Å². The lowest BCUT2D eigenvalue weighted by molar-refractivity contribution is -0.148. The van der Waals surface area contributed by atoms with Crippen LogP contribution < -0.4 is 29.7 Å². The van der Waals surface area contributed by atoms with E-state index < -0.39 is 74.5 Å². The van der Waals surface area contributed by atoms with E-state index in [-0.39, 0.29) is 48.8 Å². The predicted molar refractivity (Wildman–Crippen MR) is 199 cm³/mol. The van der Waals surface area contributed by atoms with E-state index >= 15 is 0 Å². The Kier molecular flexibility index (Phi) is 17.2. The molecule has 0 aliphatic carbocycles. The number of carbonyl (C=O) groups is 4. The summed E-state index contributed by atoms with van der Waals surface area (Å²) in [4.78, 5) is 81.9. The van der Waals surface area contributed by atoms with E-state index in [4.69, 9.17) is 18.9 Å². The molecule has 2 heterocycles. The maximum atomic E-state index is 12.6. The third kappa shape index (κ3) is 15.3. The highest BCUT2D eigenvalue weighted by molar-refractivity contribution is 5.81. The van der Waals surface area contributed by atoms with Gasteiger partial charge >= 0.3 is 23.9 Å². The first-order valence-corrected chi connectivity index (χ1v) is 17.2. The number of hydrogen-bond acceptors (Lipinski definition) is 22. The van der Waals surface area contributed by atoms with Gasteiger partial charge in [0.15, 0.2) is 0 Å². The first-order valence-electron chi connectivity index (χ1n) is 17.2. The average molecular weight is 765 g/mol. The number of hydrogen-bond donors (Lipinski definition) is 0. The molecule has 0 radical (unpaired) electrons. The average Bonchev–Trinajstić information content (AvgIpc) is 3.04. The molecule has 2 aromatic heterocycles. The second kappa shape index (κ2) is 20.8. The minimum atomic E-state index is -0.664. The normalized spacial score (nSPS) is 11.1. The molecule has 0 aliphatic rings. The van der Waals surface area contributed by atoms with Crippen LogP contribution in [-0.2, 0) is 38.1 Å². The number of carbonyl (C=O) groups excluding carboxylic acids is 4. The van der Waals surface area contributed by atoms with Gasteiger partial charge in [0.25, 0.3) is 0 Å². The van der Waals surface area contributed by atoms with Gasteiger partial charge in [-0.3, -0.25) is 19.2 Å². The van der Waals surface area contributed by atoms with Crippen molar-refractivity contribution >= 4 is 59.6 Å². The predicted octanol–water partition coefficient (Wildman–Crippen LogP) is 0.916. The minimum absolute atomic E-state index is 0.0142. The van der Waals surface area contributed by atoms with Crippen molar-refractivity contribution in [3.8, 4) is 0 Å². The summed E-state index contributed by atoms with van der Waals surface area (Å²) in [6, 6.07) is 0. The van der Waals surface area contributed by atoms with Gasteiger partial charge in [0.2, 0.25) is 35.7 Å². The zero-order valence-corrected chi connectivity index (χ0v) is 33.0. The summed E-state index contributed by atoms with van der Waals surface area (Å²) < 4.78 is 21.0. The molecule has 0 N–H and O–H groups in total. The number of anilines is 6. The van der Waals surface area contributed by atoms with Crippen molar-refractivity contribution in [2.24, 2.45) is 0 Å². The molecule has 0 aliphatic heterocycles. The number of likely N-dealkylation sites (N-methyl/N-ethyl adjacent to an activating group) is 2. The zero-order valence-electron chi connectivity index (χ0n) is 33.0. The highest BCUT2D eigenvalue weighted by atomic mass is 16.6. The molecule has 0 amide bonds. The fraction of sp³-hybridized carbons (Fsp3) is 0.688. The number of ether oxygens (including phenoxy) is 4. The van der Waals surface area contributed by atoms with Gasteiger partial charge in [-0.2, -0.15) is 29.9 Å². The molecule has 0 fully saturated rings. The fourth-order valence-electron chi connectivity index (χ4n) is 4.31. The molecule has 0 saturated carbocycles. The van der Waals surface area contributed by atoms with Gasteiger partial charge in [-0.05, 0) is 69.5 Å². The molecular weight excluding hydrogens is 712 g/mol. The second-order valence-electron chi connectivity index (χ2n) is 13.2. The molecular formula is C32H52N12O10-2. The van der Waals surface area contributed by atoms with Crippen LogP contribution in [0.15, 0.2) is 0 Å². The molecule has 0 unspecified atom stereocenters. The van der Waals surface area contributed by atoms with Gasteiger partial charge in [-0.1, -0.05) is 0 Å². The van der Waals surface area contributed by atoms with E-state index in [1.54, 1.807) is 79.3 Å². The van der Waals surface area contributed by atoms with Crippen molar-refractivity contribution in [1.82, 2.24) is 29.9 Å². The van der Waals surface area contributed by atoms with Crippen LogP contribution in [0.5, 0.6) is 0 Å². The largest absolute Gasteiger partial charge is 0.756 e. The van der Waals surface area contributed by atoms with Crippen LogP contribution in [0, 0.1) is 10.4 Å². The summed E-state index contributed by atoms with van der Waals surface area (Å²) in [6.45, 7) is 12.0. The van der Waals surface area contributed by atoms with Gasteiger partial charge in [-0.15, -0.1) is 0 Å². The van der Waals surface area contributed by atoms with E-state index in [0.29, 0.717) is 10.1 Å². The van der Waals surface area contributed by atoms with Crippen molar-refractivity contribution < 1.29 is 38.1 Å². The first kappa shape index (κ1) is 44.8. The lowest BCUT2D eigenvalue weighted by Crippen LogP contribution is -2.40. The Morgan fingerprint density at radius 3 is 0.889 bits per heavy atom. The van der Waals surface area contributed by atoms with Gasteiger partial charge in [0.05, 0.1) is 24.4 Å². The van der Waals surface area contributed by atoms with Gasteiger partial charge in [0.1, 0.15) is 26.2 Å². The maximum absolute atomic E-state index is 12.6. The Hall–Kier alpha value is -5.38. The van der Waals surface area contributed by atoms with Crippen LogP contribution in [-0.4, -0.2) is 146 Å². The molecule has 54 heavy (non-hydrogen) atoms. The topological polar surface area (TPSA) is 248 Å². The molecule has 2 rings (SSSR count). The summed E-state index contributed by atoms with van der Waals surface area (Å²) >= 11 is 0. The monoisotopic (exact) mass is 764 g/mol. The number of hydroxylamine groups is 2. The summed E-state index contributed by atoms with van der Waals surface area (Å²) in [5.74, 6) is -3.54. The molecule has 2 aromatic rings. The zero-order chi connectivity index (χ0) is 40.9. The van der Waals surface area contributed by atoms with Crippen LogP contribution >= 0.6 is 0 Å². The molecule has 0 spiro atoms. The molecule has 302 valence electrons. The molecule has 0 saturated heterocycles. The number of aromatic nitrogens is 6. The summed E-state index contributed by atoms with van der Waals surface area (Å²) in [6.07, 6.45) is -1.73. The molecule has 0 aromatic carbocycles. The van der Waals surface area contributed by atoms with Crippen LogP contribution in [0.1, 0.15) is 55.4 Å². The highest BCUT2D eigenvalue weighted by Crippen LogP contribution is 2.21. The van der Waals surface area contributed by atoms with Gasteiger partial charge in [0, 0.05) is 27.2 Å². The standard InChI is InChI=1S/C32H52N12O10/c1-19(2)51-23(45)15-43(16-24(46)52-20(3)4)31-35-27(33-29(37-31)41(11)49)39(9)13-14-40(10)28-34-30(42(12)50)38-32(36-28)44(17-25(47)53-21(5)6)18-26(48)54-22(7)8/h19-22H,13-18H2,1-12H3/q-2. The van der Waals surface area contributed by atoms with E-state index in [2.05, 4.69) is 29.9 Å². The smallest absolute Gasteiger partial charge is 0.325 e. The Balaban J connectivity index is 2.45. The molecule has 0 atom stereocenters. The van der Waals surface area contributed by atoms with Crippen LogP contribution in [0.4, 0.5) is 35.7 Å². The quantitative estimate of drug-likeness (QED) is 0.0973. The molecule has 22 nitrogen and oxygen atoms in total. The lowest BCUT2D eigenvalue weighted by atomic mass is 10.4. The molecule has 22 heteroatoms. The maximum Gasteiger partial charge on any atom is 0.325 e. The SMILES string of the molecule is CC(C)OC(=O)CN(CC(=O)OC(C)C)c1nc(N(C)[O-])nc(N(C)CCN(C)c2nc(N(C)[O-])nc(N(CC(=O)OC(C)C)CC(=O)OC(C)C)n2)n1. The summed E-state index contributed by atoms with van der Waals surface area (Å²) in [7, 11) is 5.62. The minimum Gasteiger partial charge on any atom is -0.756 e. The fourth-order valence-corrected chi connectivity index (χ4v) is 4.31. The van der Waals surface area contributed by atoms with Crippen LogP contribution in [0.2, 0.25) is 0 Å². The second-order valence-corrected chi connectivity index (χ2v) is 13.2. The Morgan fingerprint density at radius 1 is 0.444 bits per heavy atom. The van der Waals surface area contributed by atoms with E-state index in [1.165, 1.54) is 23.9 Å². The van der Waals surface area contributed by atoms with Crippen molar-refractivity contribution in [3.05, 3.63) is 10.4 Å². The highest BCUT2D eigenvalue weighted by Gasteiger charge is 2.25. The Bertz CT molecular complexity index is 1400. The van der Waals surface area contributed by atoms with E-state index in [1.807, 2.05) is 0 Å². The van der Waals surface area contributed by atoms with Crippen molar-refractivity contribution in [3.63, 3.8) is 0 Å². The lowest BCUT2D eigenvalue weighted by Gasteiger charge is -2.29. The van der Waals surface area contributed by atoms with Crippen molar-refractivity contribution in [2.45, 2.75) is 79.8 Å². The summed E-state index contributed by atoms with van der Waals surface area (Å²) in [5, 5.41) is 25.6.